The van der Waals surface area contributed by atoms with E-state index in [-0.39, 0.29) is 22.0 Å². The molecule has 10 nitrogen and oxygen atoms in total. The molecule has 0 bridgehead atoms. The van der Waals surface area contributed by atoms with Crippen LogP contribution in [0.1, 0.15) is 29.1 Å². The Labute approximate surface area is 156 Å². The van der Waals surface area contributed by atoms with E-state index >= 15 is 0 Å². The summed E-state index contributed by atoms with van der Waals surface area (Å²) in [5.74, 6) is -0.156. The van der Waals surface area contributed by atoms with E-state index < -0.39 is 21.8 Å². The third kappa shape index (κ3) is 3.70. The second kappa shape index (κ2) is 7.00. The normalized spacial score (nSPS) is 11.9. The van der Waals surface area contributed by atoms with Crippen LogP contribution in [-0.2, 0) is 0 Å². The molecule has 1 heterocycles. The third-order valence-electron chi connectivity index (χ3n) is 3.86. The topological polar surface area (TPSA) is 144 Å². The highest BCUT2D eigenvalue weighted by molar-refractivity contribution is 6.32. The molecule has 0 spiro atoms. The van der Waals surface area contributed by atoms with E-state index in [1.807, 2.05) is 0 Å². The van der Waals surface area contributed by atoms with Gasteiger partial charge < -0.3 is 10.3 Å². The Kier molecular flexibility index (Phi) is 4.74. The molecule has 3 aromatic rings. The molecule has 138 valence electrons. The highest BCUT2D eigenvalue weighted by Crippen LogP contribution is 2.26. The van der Waals surface area contributed by atoms with Crippen LogP contribution in [0.15, 0.2) is 36.4 Å². The van der Waals surface area contributed by atoms with Crippen LogP contribution in [0.2, 0.25) is 5.02 Å². The van der Waals surface area contributed by atoms with Gasteiger partial charge >= 0.3 is 0 Å². The number of nitrogens with zero attached hydrogens (tertiary/aromatic N) is 3. The first-order valence-corrected chi connectivity index (χ1v) is 8.03. The van der Waals surface area contributed by atoms with Gasteiger partial charge in [-0.1, -0.05) is 11.6 Å². The number of nitrogens with one attached hydrogen (secondary N) is 2. The first-order chi connectivity index (χ1) is 12.8. The number of carbonyl (C=O) groups is 1. The summed E-state index contributed by atoms with van der Waals surface area (Å²) in [6.45, 7) is 1.66. The number of imidazole rings is 1. The zero-order valence-corrected chi connectivity index (χ0v) is 14.6. The third-order valence-corrected chi connectivity index (χ3v) is 4.18. The minimum absolute atomic E-state index is 0.0662. The molecular weight excluding hydrogens is 378 g/mol. The zero-order valence-electron chi connectivity index (χ0n) is 13.8. The number of aromatic nitrogens is 2. The van der Waals surface area contributed by atoms with Crippen molar-refractivity contribution >= 4 is 39.9 Å². The molecule has 1 unspecified atom stereocenters. The summed E-state index contributed by atoms with van der Waals surface area (Å²) in [7, 11) is 0. The molecule has 3 rings (SSSR count). The Morgan fingerprint density at radius 1 is 1.19 bits per heavy atom. The molecule has 1 aromatic heterocycles. The van der Waals surface area contributed by atoms with E-state index in [2.05, 4.69) is 15.3 Å². The van der Waals surface area contributed by atoms with Crippen molar-refractivity contribution in [2.24, 2.45) is 0 Å². The quantitative estimate of drug-likeness (QED) is 0.504. The lowest BCUT2D eigenvalue weighted by Gasteiger charge is -2.11. The summed E-state index contributed by atoms with van der Waals surface area (Å²) < 4.78 is 0. The summed E-state index contributed by atoms with van der Waals surface area (Å²) in [4.78, 5) is 40.2. The average molecular weight is 390 g/mol. The SMILES string of the molecule is CC(NC(=O)c1ccc(Cl)c([N+](=O)[O-])c1)c1nc2ccc([N+](=O)[O-])cc2[nH]1. The number of rotatable bonds is 5. The van der Waals surface area contributed by atoms with E-state index in [4.69, 9.17) is 11.6 Å². The Bertz CT molecular complexity index is 1080. The Morgan fingerprint density at radius 2 is 1.93 bits per heavy atom. The minimum Gasteiger partial charge on any atom is -0.342 e. The fourth-order valence-electron chi connectivity index (χ4n) is 2.48. The van der Waals surface area contributed by atoms with Crippen molar-refractivity contribution in [3.8, 4) is 0 Å². The van der Waals surface area contributed by atoms with Gasteiger partial charge in [-0.2, -0.15) is 0 Å². The summed E-state index contributed by atoms with van der Waals surface area (Å²) in [5.41, 5.74) is 0.599. The summed E-state index contributed by atoms with van der Waals surface area (Å²) >= 11 is 5.74. The van der Waals surface area contributed by atoms with Crippen molar-refractivity contribution in [1.29, 1.82) is 0 Å². The second-order valence-electron chi connectivity index (χ2n) is 5.70. The number of carbonyl (C=O) groups excluding carboxylic acids is 1. The van der Waals surface area contributed by atoms with E-state index in [9.17, 15) is 25.0 Å². The van der Waals surface area contributed by atoms with Crippen molar-refractivity contribution in [2.75, 3.05) is 0 Å². The van der Waals surface area contributed by atoms with Gasteiger partial charge in [0.15, 0.2) is 0 Å². The number of hydrogen-bond acceptors (Lipinski definition) is 6. The predicted molar refractivity (Wildman–Crippen MR) is 96.7 cm³/mol. The molecule has 0 aliphatic heterocycles. The molecule has 27 heavy (non-hydrogen) atoms. The molecule has 0 radical (unpaired) electrons. The molecule has 0 saturated carbocycles. The lowest BCUT2D eigenvalue weighted by Crippen LogP contribution is -2.27. The van der Waals surface area contributed by atoms with Gasteiger partial charge in [-0.05, 0) is 25.1 Å². The van der Waals surface area contributed by atoms with Crippen LogP contribution in [0.4, 0.5) is 11.4 Å². The van der Waals surface area contributed by atoms with Gasteiger partial charge in [-0.25, -0.2) is 4.98 Å². The standard InChI is InChI=1S/C16H12ClN5O5/c1-8(15-19-12-5-3-10(21(24)25)7-13(12)20-15)18-16(23)9-2-4-11(17)14(6-9)22(26)27/h2-8H,1H3,(H,18,23)(H,19,20). The van der Waals surface area contributed by atoms with Gasteiger partial charge in [0.2, 0.25) is 0 Å². The Hall–Kier alpha value is -3.53. The first kappa shape index (κ1) is 18.3. The number of fused-ring (bicyclic) bond motifs is 1. The monoisotopic (exact) mass is 389 g/mol. The maximum absolute atomic E-state index is 12.4. The zero-order chi connectivity index (χ0) is 19.7. The van der Waals surface area contributed by atoms with Gasteiger partial charge in [0.25, 0.3) is 17.3 Å². The number of benzene rings is 2. The fraction of sp³-hybridized carbons (Fsp3) is 0.125. The Morgan fingerprint density at radius 3 is 2.59 bits per heavy atom. The molecule has 1 atom stereocenters. The number of nitro groups is 2. The van der Waals surface area contributed by atoms with Crippen LogP contribution in [0, 0.1) is 20.2 Å². The molecular formula is C16H12ClN5O5. The lowest BCUT2D eigenvalue weighted by atomic mass is 10.1. The number of amides is 1. The highest BCUT2D eigenvalue weighted by atomic mass is 35.5. The van der Waals surface area contributed by atoms with Crippen LogP contribution in [0.25, 0.3) is 11.0 Å². The number of aromatic amines is 1. The van der Waals surface area contributed by atoms with E-state index in [0.717, 1.165) is 6.07 Å². The number of nitro benzene ring substituents is 2. The van der Waals surface area contributed by atoms with Crippen LogP contribution >= 0.6 is 11.6 Å². The average Bonchev–Trinajstić information content (AvgIpc) is 3.05. The lowest BCUT2D eigenvalue weighted by molar-refractivity contribution is -0.384. The van der Waals surface area contributed by atoms with Crippen molar-refractivity contribution < 1.29 is 14.6 Å². The summed E-state index contributed by atoms with van der Waals surface area (Å²) in [5, 5.41) is 24.4. The van der Waals surface area contributed by atoms with Crippen molar-refractivity contribution in [3.05, 3.63) is 73.0 Å². The van der Waals surface area contributed by atoms with Gasteiger partial charge in [0.1, 0.15) is 10.8 Å². The molecule has 11 heteroatoms. The van der Waals surface area contributed by atoms with Crippen molar-refractivity contribution in [1.82, 2.24) is 15.3 Å². The van der Waals surface area contributed by atoms with Crippen molar-refractivity contribution in [3.63, 3.8) is 0 Å². The van der Waals surface area contributed by atoms with E-state index in [0.29, 0.717) is 16.9 Å². The first-order valence-electron chi connectivity index (χ1n) is 7.65. The van der Waals surface area contributed by atoms with Gasteiger partial charge in [0, 0.05) is 23.8 Å². The van der Waals surface area contributed by atoms with E-state index in [1.54, 1.807) is 6.92 Å². The molecule has 1 amide bonds. The minimum atomic E-state index is -0.672. The van der Waals surface area contributed by atoms with Crippen LogP contribution < -0.4 is 5.32 Å². The molecule has 0 aliphatic carbocycles. The van der Waals surface area contributed by atoms with Crippen LogP contribution in [-0.4, -0.2) is 25.7 Å². The maximum Gasteiger partial charge on any atom is 0.288 e. The molecule has 0 aliphatic rings. The number of hydrogen-bond donors (Lipinski definition) is 2. The van der Waals surface area contributed by atoms with Gasteiger partial charge in [-0.15, -0.1) is 0 Å². The Balaban J connectivity index is 1.82. The number of H-pyrrole nitrogens is 1. The molecule has 2 N–H and O–H groups in total. The number of non-ortho nitro benzene ring substituents is 1. The predicted octanol–water partition coefficient (Wildman–Crippen LogP) is 3.52. The number of halogens is 1. The summed E-state index contributed by atoms with van der Waals surface area (Å²) in [6.07, 6.45) is 0. The summed E-state index contributed by atoms with van der Waals surface area (Å²) in [6, 6.07) is 7.36. The largest absolute Gasteiger partial charge is 0.342 e. The van der Waals surface area contributed by atoms with Crippen molar-refractivity contribution in [2.45, 2.75) is 13.0 Å². The van der Waals surface area contributed by atoms with Crippen LogP contribution in [0.5, 0.6) is 0 Å². The smallest absolute Gasteiger partial charge is 0.288 e. The molecule has 2 aromatic carbocycles. The molecule has 0 saturated heterocycles. The van der Waals surface area contributed by atoms with Gasteiger partial charge in [0.05, 0.1) is 26.9 Å². The fourth-order valence-corrected chi connectivity index (χ4v) is 2.66. The maximum atomic E-state index is 12.4. The van der Waals surface area contributed by atoms with Gasteiger partial charge in [-0.3, -0.25) is 25.0 Å². The highest BCUT2D eigenvalue weighted by Gasteiger charge is 2.19. The van der Waals surface area contributed by atoms with Crippen LogP contribution in [0.3, 0.4) is 0 Å². The second-order valence-corrected chi connectivity index (χ2v) is 6.11. The van der Waals surface area contributed by atoms with E-state index in [1.165, 1.54) is 30.3 Å². The molecule has 0 fully saturated rings.